The maximum atomic E-state index is 11.4. The zero-order valence-corrected chi connectivity index (χ0v) is 16.6. The van der Waals surface area contributed by atoms with Crippen molar-refractivity contribution < 1.29 is 9.53 Å². The molecule has 144 valence electrons. The van der Waals surface area contributed by atoms with Crippen LogP contribution in [0.3, 0.4) is 0 Å². The van der Waals surface area contributed by atoms with Gasteiger partial charge in [0.15, 0.2) is 5.11 Å². The lowest BCUT2D eigenvalue weighted by Gasteiger charge is -2.10. The molecule has 3 aromatic rings. The number of thiocarbonyl (C=S) groups is 1. The molecule has 0 atom stereocenters. The van der Waals surface area contributed by atoms with Crippen LogP contribution < -0.4 is 10.6 Å². The molecule has 9 heteroatoms. The smallest absolute Gasteiger partial charge is 0.413 e. The highest BCUT2D eigenvalue weighted by molar-refractivity contribution is 7.80. The lowest BCUT2D eigenvalue weighted by molar-refractivity contribution is 0.158. The van der Waals surface area contributed by atoms with Crippen molar-refractivity contribution in [2.45, 2.75) is 13.5 Å². The summed E-state index contributed by atoms with van der Waals surface area (Å²) in [5.41, 5.74) is 2.86. The number of nitrogens with one attached hydrogen (secondary N) is 2. The van der Waals surface area contributed by atoms with Crippen molar-refractivity contribution in [1.82, 2.24) is 20.1 Å². The van der Waals surface area contributed by atoms with Gasteiger partial charge in [0.05, 0.1) is 19.3 Å². The van der Waals surface area contributed by atoms with Crippen LogP contribution in [-0.4, -0.2) is 32.6 Å². The van der Waals surface area contributed by atoms with E-state index in [1.165, 1.54) is 0 Å². The van der Waals surface area contributed by atoms with Gasteiger partial charge in [-0.2, -0.15) is 5.10 Å². The summed E-state index contributed by atoms with van der Waals surface area (Å²) in [5, 5.41) is 9.98. The first-order valence-electron chi connectivity index (χ1n) is 8.52. The number of rotatable bonds is 5. The van der Waals surface area contributed by atoms with Crippen LogP contribution in [-0.2, 0) is 11.3 Å². The van der Waals surface area contributed by atoms with E-state index in [0.29, 0.717) is 12.4 Å². The van der Waals surface area contributed by atoms with Crippen molar-refractivity contribution in [2.24, 2.45) is 0 Å². The molecule has 0 unspecified atom stereocenters. The quantitative estimate of drug-likeness (QED) is 0.482. The largest absolute Gasteiger partial charge is 0.450 e. The maximum Gasteiger partial charge on any atom is 0.413 e. The number of halogens is 1. The monoisotopic (exact) mass is 415 g/mol. The van der Waals surface area contributed by atoms with E-state index in [2.05, 4.69) is 20.7 Å². The predicted octanol–water partition coefficient (Wildman–Crippen LogP) is 4.09. The third-order valence-corrected chi connectivity index (χ3v) is 4.08. The van der Waals surface area contributed by atoms with Gasteiger partial charge in [0.25, 0.3) is 0 Å². The molecule has 2 aromatic heterocycles. The fourth-order valence-corrected chi connectivity index (χ4v) is 2.90. The second-order valence-electron chi connectivity index (χ2n) is 5.78. The molecule has 0 aliphatic heterocycles. The van der Waals surface area contributed by atoms with Crippen LogP contribution in [0.4, 0.5) is 10.6 Å². The average molecular weight is 416 g/mol. The van der Waals surface area contributed by atoms with Crippen molar-refractivity contribution in [2.75, 3.05) is 11.9 Å². The minimum Gasteiger partial charge on any atom is -0.450 e. The molecular formula is C19H18ClN5O2S. The Balaban J connectivity index is 1.73. The molecule has 0 bridgehead atoms. The van der Waals surface area contributed by atoms with E-state index >= 15 is 0 Å². The Morgan fingerprint density at radius 1 is 1.25 bits per heavy atom. The highest BCUT2D eigenvalue weighted by Gasteiger charge is 2.10. The molecule has 0 saturated heterocycles. The normalized spacial score (nSPS) is 10.4. The van der Waals surface area contributed by atoms with Gasteiger partial charge in [0, 0.05) is 11.8 Å². The molecule has 0 radical (unpaired) electrons. The lowest BCUT2D eigenvalue weighted by Crippen LogP contribution is -2.34. The second kappa shape index (κ2) is 9.29. The van der Waals surface area contributed by atoms with Crippen LogP contribution in [0.1, 0.15) is 12.5 Å². The van der Waals surface area contributed by atoms with E-state index in [1.807, 2.05) is 41.2 Å². The zero-order valence-electron chi connectivity index (χ0n) is 15.1. The van der Waals surface area contributed by atoms with E-state index in [-0.39, 0.29) is 16.9 Å². The summed E-state index contributed by atoms with van der Waals surface area (Å²) in [6.07, 6.45) is 3.05. The summed E-state index contributed by atoms with van der Waals surface area (Å²) in [6, 6.07) is 13.6. The number of ether oxygens (including phenoxy) is 1. The lowest BCUT2D eigenvalue weighted by atomic mass is 10.1. The predicted molar refractivity (Wildman–Crippen MR) is 112 cm³/mol. The summed E-state index contributed by atoms with van der Waals surface area (Å²) in [5.74, 6) is 0.403. The molecule has 0 fully saturated rings. The standard InChI is InChI=1S/C19H18ClN5O2S/c1-2-27-19(26)24-18(28)23-17-9-14(8-16(20)22-17)15-10-21-25(12-15)11-13-6-4-3-5-7-13/h3-10,12H,2,11H2,1H3,(H2,22,23,24,26,28). The summed E-state index contributed by atoms with van der Waals surface area (Å²) in [7, 11) is 0. The number of carbonyl (C=O) groups is 1. The van der Waals surface area contributed by atoms with Gasteiger partial charge in [-0.1, -0.05) is 41.9 Å². The van der Waals surface area contributed by atoms with Crippen molar-refractivity contribution in [3.8, 4) is 11.1 Å². The number of benzene rings is 1. The molecule has 7 nitrogen and oxygen atoms in total. The van der Waals surface area contributed by atoms with E-state index in [4.69, 9.17) is 28.6 Å². The Morgan fingerprint density at radius 2 is 2.04 bits per heavy atom. The first kappa shape index (κ1) is 19.8. The van der Waals surface area contributed by atoms with Crippen LogP contribution in [0.5, 0.6) is 0 Å². The number of alkyl carbamates (subject to hydrolysis) is 1. The SMILES string of the molecule is CCOC(=O)NC(=S)Nc1cc(-c2cnn(Cc3ccccc3)c2)cc(Cl)n1. The third kappa shape index (κ3) is 5.51. The Bertz CT molecular complexity index is 977. The second-order valence-corrected chi connectivity index (χ2v) is 6.57. The fraction of sp³-hybridized carbons (Fsp3) is 0.158. The summed E-state index contributed by atoms with van der Waals surface area (Å²) < 4.78 is 6.63. The number of amides is 1. The number of aromatic nitrogens is 3. The Kier molecular flexibility index (Phi) is 6.57. The number of carbonyl (C=O) groups excluding carboxylic acids is 1. The maximum absolute atomic E-state index is 11.4. The molecule has 0 saturated carbocycles. The van der Waals surface area contributed by atoms with Gasteiger partial charge in [0.1, 0.15) is 11.0 Å². The molecule has 1 aromatic carbocycles. The van der Waals surface area contributed by atoms with Crippen molar-refractivity contribution in [1.29, 1.82) is 0 Å². The molecule has 1 amide bonds. The number of anilines is 1. The minimum absolute atomic E-state index is 0.0685. The van der Waals surface area contributed by atoms with Crippen molar-refractivity contribution >= 4 is 40.8 Å². The van der Waals surface area contributed by atoms with Crippen LogP contribution in [0.15, 0.2) is 54.9 Å². The zero-order chi connectivity index (χ0) is 19.9. The van der Waals surface area contributed by atoms with Gasteiger partial charge in [-0.15, -0.1) is 0 Å². The van der Waals surface area contributed by atoms with Crippen LogP contribution >= 0.6 is 23.8 Å². The molecule has 0 aliphatic rings. The van der Waals surface area contributed by atoms with Gasteiger partial charge >= 0.3 is 6.09 Å². The van der Waals surface area contributed by atoms with E-state index in [1.54, 1.807) is 25.3 Å². The average Bonchev–Trinajstić information content (AvgIpc) is 3.10. The van der Waals surface area contributed by atoms with E-state index in [9.17, 15) is 4.79 Å². The number of hydrogen-bond donors (Lipinski definition) is 2. The first-order chi connectivity index (χ1) is 13.5. The van der Waals surface area contributed by atoms with Crippen LogP contribution in [0.2, 0.25) is 5.15 Å². The number of hydrogen-bond acceptors (Lipinski definition) is 5. The van der Waals surface area contributed by atoms with Crippen LogP contribution in [0, 0.1) is 0 Å². The molecule has 2 N–H and O–H groups in total. The number of nitrogens with zero attached hydrogens (tertiary/aromatic N) is 3. The summed E-state index contributed by atoms with van der Waals surface area (Å²) in [6.45, 7) is 2.62. The molecule has 28 heavy (non-hydrogen) atoms. The Morgan fingerprint density at radius 3 is 2.79 bits per heavy atom. The van der Waals surface area contributed by atoms with Gasteiger partial charge in [-0.05, 0) is 42.4 Å². The van der Waals surface area contributed by atoms with Gasteiger partial charge in [0.2, 0.25) is 0 Å². The topological polar surface area (TPSA) is 81.1 Å². The minimum atomic E-state index is -0.635. The Hall–Kier alpha value is -2.97. The van der Waals surface area contributed by atoms with Crippen molar-refractivity contribution in [3.63, 3.8) is 0 Å². The Labute approximate surface area is 172 Å². The highest BCUT2D eigenvalue weighted by Crippen LogP contribution is 2.24. The van der Waals surface area contributed by atoms with E-state index < -0.39 is 6.09 Å². The summed E-state index contributed by atoms with van der Waals surface area (Å²) in [4.78, 5) is 15.6. The van der Waals surface area contributed by atoms with Crippen LogP contribution in [0.25, 0.3) is 11.1 Å². The molecule has 3 rings (SSSR count). The number of pyridine rings is 1. The molecule has 2 heterocycles. The van der Waals surface area contributed by atoms with Gasteiger partial charge in [-0.3, -0.25) is 10.00 Å². The van der Waals surface area contributed by atoms with Crippen molar-refractivity contribution in [3.05, 3.63) is 65.6 Å². The molecule has 0 spiro atoms. The molecule has 0 aliphatic carbocycles. The van der Waals surface area contributed by atoms with E-state index in [0.717, 1.165) is 16.7 Å². The summed E-state index contributed by atoms with van der Waals surface area (Å²) >= 11 is 11.2. The highest BCUT2D eigenvalue weighted by atomic mass is 35.5. The fourth-order valence-electron chi connectivity index (χ4n) is 2.50. The third-order valence-electron chi connectivity index (χ3n) is 3.68. The van der Waals surface area contributed by atoms with Gasteiger partial charge < -0.3 is 10.1 Å². The van der Waals surface area contributed by atoms with Gasteiger partial charge in [-0.25, -0.2) is 9.78 Å². The first-order valence-corrected chi connectivity index (χ1v) is 9.31. The molecular weight excluding hydrogens is 398 g/mol.